The molecule has 0 aliphatic carbocycles. The number of likely N-dealkylation sites (N-methyl/N-ethyl adjacent to an activating group) is 2. The minimum atomic E-state index is -0.383. The van der Waals surface area contributed by atoms with Crippen LogP contribution in [0, 0.1) is 0 Å². The number of carbonyl (C=O) groups excluding carboxylic acids is 2. The molecule has 0 radical (unpaired) electrons. The van der Waals surface area contributed by atoms with Crippen molar-refractivity contribution in [2.75, 3.05) is 33.8 Å². The number of hydrogen-bond donors (Lipinski definition) is 0. The summed E-state index contributed by atoms with van der Waals surface area (Å²) in [6.45, 7) is 5.06. The number of amides is 1. The van der Waals surface area contributed by atoms with E-state index in [2.05, 4.69) is 11.9 Å². The Kier molecular flexibility index (Phi) is 7.31. The summed E-state index contributed by atoms with van der Waals surface area (Å²) in [5, 5.41) is 1.10. The van der Waals surface area contributed by atoms with Crippen LogP contribution in [0.2, 0.25) is 0 Å². The highest BCUT2D eigenvalue weighted by molar-refractivity contribution is 7.11. The summed E-state index contributed by atoms with van der Waals surface area (Å²) in [6, 6.07) is 0. The van der Waals surface area contributed by atoms with Gasteiger partial charge in [0.05, 0.1) is 18.2 Å². The molecule has 7 heteroatoms. The van der Waals surface area contributed by atoms with Crippen molar-refractivity contribution in [2.45, 2.75) is 26.8 Å². The maximum atomic E-state index is 12.0. The molecule has 0 unspecified atom stereocenters. The largest absolute Gasteiger partial charge is 0.465 e. The Morgan fingerprint density at radius 1 is 1.29 bits per heavy atom. The third-order valence-electron chi connectivity index (χ3n) is 2.83. The van der Waals surface area contributed by atoms with Crippen LogP contribution in [0.4, 0.5) is 0 Å². The molecule has 21 heavy (non-hydrogen) atoms. The number of esters is 1. The van der Waals surface area contributed by atoms with Crippen molar-refractivity contribution in [1.82, 2.24) is 14.8 Å². The number of carbonyl (C=O) groups is 2. The topological polar surface area (TPSA) is 62.7 Å². The Balaban J connectivity index is 2.40. The molecule has 1 amide bonds. The van der Waals surface area contributed by atoms with Crippen molar-refractivity contribution in [3.05, 3.63) is 16.1 Å². The third-order valence-corrected chi connectivity index (χ3v) is 3.96. The lowest BCUT2D eigenvalue weighted by atomic mass is 10.4. The molecule has 6 nitrogen and oxygen atoms in total. The highest BCUT2D eigenvalue weighted by Crippen LogP contribution is 2.14. The molecule has 0 fully saturated rings. The van der Waals surface area contributed by atoms with Gasteiger partial charge >= 0.3 is 5.97 Å². The lowest BCUT2D eigenvalue weighted by molar-refractivity contribution is -0.148. The van der Waals surface area contributed by atoms with Crippen LogP contribution in [0.25, 0.3) is 0 Å². The van der Waals surface area contributed by atoms with Gasteiger partial charge in [-0.2, -0.15) is 0 Å². The Morgan fingerprint density at radius 2 is 2.00 bits per heavy atom. The van der Waals surface area contributed by atoms with Crippen molar-refractivity contribution >= 4 is 23.2 Å². The lowest BCUT2D eigenvalue weighted by Crippen LogP contribution is -2.39. The van der Waals surface area contributed by atoms with Gasteiger partial charge in [0.2, 0.25) is 5.91 Å². The normalized spacial score (nSPS) is 10.7. The van der Waals surface area contributed by atoms with Gasteiger partial charge in [-0.3, -0.25) is 14.5 Å². The number of aromatic nitrogens is 1. The molecular formula is C14H23N3O3S. The van der Waals surface area contributed by atoms with Gasteiger partial charge in [-0.25, -0.2) is 4.98 Å². The second kappa shape index (κ2) is 8.74. The van der Waals surface area contributed by atoms with E-state index in [0.29, 0.717) is 13.2 Å². The number of hydrogen-bond acceptors (Lipinski definition) is 6. The molecule has 0 atom stereocenters. The zero-order chi connectivity index (χ0) is 15.8. The predicted molar refractivity (Wildman–Crippen MR) is 82.1 cm³/mol. The van der Waals surface area contributed by atoms with Gasteiger partial charge in [0, 0.05) is 24.7 Å². The molecule has 0 bridgehead atoms. The van der Waals surface area contributed by atoms with Crippen LogP contribution < -0.4 is 0 Å². The van der Waals surface area contributed by atoms with Crippen molar-refractivity contribution in [3.8, 4) is 0 Å². The van der Waals surface area contributed by atoms with Gasteiger partial charge in [-0.1, -0.05) is 6.92 Å². The molecule has 1 heterocycles. The summed E-state index contributed by atoms with van der Waals surface area (Å²) < 4.78 is 4.83. The van der Waals surface area contributed by atoms with Crippen LogP contribution in [0.3, 0.4) is 0 Å². The smallest absolute Gasteiger partial charge is 0.325 e. The van der Waals surface area contributed by atoms with Crippen molar-refractivity contribution in [3.63, 3.8) is 0 Å². The van der Waals surface area contributed by atoms with Crippen LogP contribution in [0.5, 0.6) is 0 Å². The molecule has 0 N–H and O–H groups in total. The van der Waals surface area contributed by atoms with Gasteiger partial charge in [0.25, 0.3) is 0 Å². The van der Waals surface area contributed by atoms with Gasteiger partial charge in [-0.05, 0) is 20.4 Å². The van der Waals surface area contributed by atoms with E-state index in [4.69, 9.17) is 4.74 Å². The number of thiazole rings is 1. The van der Waals surface area contributed by atoms with Gasteiger partial charge in [-0.15, -0.1) is 11.3 Å². The SMILES string of the molecule is CCOC(=O)CN(C)C(=O)CN(C)Cc1cnc(CC)s1. The average molecular weight is 313 g/mol. The lowest BCUT2D eigenvalue weighted by Gasteiger charge is -2.20. The number of aryl methyl sites for hydroxylation is 1. The Labute approximate surface area is 129 Å². The van der Waals surface area contributed by atoms with Gasteiger partial charge in [0.1, 0.15) is 6.54 Å². The maximum absolute atomic E-state index is 12.0. The second-order valence-corrected chi connectivity index (χ2v) is 6.00. The zero-order valence-corrected chi connectivity index (χ0v) is 13.9. The minimum Gasteiger partial charge on any atom is -0.465 e. The van der Waals surface area contributed by atoms with E-state index >= 15 is 0 Å². The molecule has 1 rings (SSSR count). The monoisotopic (exact) mass is 313 g/mol. The van der Waals surface area contributed by atoms with E-state index in [1.54, 1.807) is 25.3 Å². The predicted octanol–water partition coefficient (Wildman–Crippen LogP) is 1.16. The number of rotatable bonds is 8. The van der Waals surface area contributed by atoms with E-state index in [1.165, 1.54) is 4.90 Å². The van der Waals surface area contributed by atoms with Crippen LogP contribution in [0.15, 0.2) is 6.20 Å². The molecule has 118 valence electrons. The first kappa shape index (κ1) is 17.6. The van der Waals surface area contributed by atoms with E-state index < -0.39 is 0 Å². The standard InChI is InChI=1S/C14H23N3O3S/c1-5-12-15-7-11(21-12)8-16(3)9-13(18)17(4)10-14(19)20-6-2/h7H,5-6,8-10H2,1-4H3. The second-order valence-electron chi connectivity index (χ2n) is 4.80. The summed E-state index contributed by atoms with van der Waals surface area (Å²) in [7, 11) is 3.48. The summed E-state index contributed by atoms with van der Waals surface area (Å²) in [5.41, 5.74) is 0. The molecule has 0 saturated carbocycles. The fraction of sp³-hybridized carbons (Fsp3) is 0.643. The Hall–Kier alpha value is -1.47. The van der Waals surface area contributed by atoms with Crippen LogP contribution >= 0.6 is 11.3 Å². The first-order chi connectivity index (χ1) is 9.96. The van der Waals surface area contributed by atoms with E-state index in [9.17, 15) is 9.59 Å². The molecule has 1 aromatic rings. The highest BCUT2D eigenvalue weighted by Gasteiger charge is 2.16. The van der Waals surface area contributed by atoms with Gasteiger partial charge < -0.3 is 9.64 Å². The van der Waals surface area contributed by atoms with E-state index in [0.717, 1.165) is 16.3 Å². The van der Waals surface area contributed by atoms with Gasteiger partial charge in [0.15, 0.2) is 0 Å². The minimum absolute atomic E-state index is 0.0128. The molecule has 0 spiro atoms. The van der Waals surface area contributed by atoms with Crippen molar-refractivity contribution in [1.29, 1.82) is 0 Å². The number of nitrogens with zero attached hydrogens (tertiary/aromatic N) is 3. The zero-order valence-electron chi connectivity index (χ0n) is 13.1. The van der Waals surface area contributed by atoms with Crippen LogP contribution in [-0.2, 0) is 27.3 Å². The maximum Gasteiger partial charge on any atom is 0.325 e. The molecular weight excluding hydrogens is 290 g/mol. The first-order valence-electron chi connectivity index (χ1n) is 6.97. The summed E-state index contributed by atoms with van der Waals surface area (Å²) in [4.78, 5) is 32.1. The Bertz CT molecular complexity index is 476. The third kappa shape index (κ3) is 6.22. The Morgan fingerprint density at radius 3 is 2.57 bits per heavy atom. The molecule has 0 aliphatic heterocycles. The quantitative estimate of drug-likeness (QED) is 0.674. The molecule has 1 aromatic heterocycles. The summed E-state index contributed by atoms with van der Waals surface area (Å²) in [5.74, 6) is -0.489. The van der Waals surface area contributed by atoms with Crippen LogP contribution in [0.1, 0.15) is 23.7 Å². The summed E-state index contributed by atoms with van der Waals surface area (Å²) >= 11 is 1.66. The fourth-order valence-corrected chi connectivity index (χ4v) is 2.69. The van der Waals surface area contributed by atoms with E-state index in [1.807, 2.05) is 18.1 Å². The molecule has 0 saturated heterocycles. The van der Waals surface area contributed by atoms with Crippen molar-refractivity contribution in [2.24, 2.45) is 0 Å². The fourth-order valence-electron chi connectivity index (χ4n) is 1.75. The number of ether oxygens (including phenoxy) is 1. The average Bonchev–Trinajstić information content (AvgIpc) is 2.86. The first-order valence-corrected chi connectivity index (χ1v) is 7.79. The molecule has 0 aliphatic rings. The van der Waals surface area contributed by atoms with Crippen molar-refractivity contribution < 1.29 is 14.3 Å². The molecule has 0 aromatic carbocycles. The highest BCUT2D eigenvalue weighted by atomic mass is 32.1. The van der Waals surface area contributed by atoms with E-state index in [-0.39, 0.29) is 25.0 Å². The summed E-state index contributed by atoms with van der Waals surface area (Å²) in [6.07, 6.45) is 2.78. The van der Waals surface area contributed by atoms with Crippen LogP contribution in [-0.4, -0.2) is 60.5 Å².